The summed E-state index contributed by atoms with van der Waals surface area (Å²) in [5.41, 5.74) is 0.357. The summed E-state index contributed by atoms with van der Waals surface area (Å²) in [5.74, 6) is -2.50. The second kappa shape index (κ2) is 8.13. The molecule has 2 aromatic carbocycles. The van der Waals surface area contributed by atoms with Crippen LogP contribution in [0.4, 0.5) is 20.2 Å². The average Bonchev–Trinajstić information content (AvgIpc) is 3.13. The maximum absolute atomic E-state index is 13.2. The third-order valence-corrected chi connectivity index (χ3v) is 4.48. The molecule has 0 spiro atoms. The van der Waals surface area contributed by atoms with Gasteiger partial charge in [0.15, 0.2) is 11.6 Å². The molecule has 0 aliphatic carbocycles. The molecule has 11 heteroatoms. The predicted molar refractivity (Wildman–Crippen MR) is 96.7 cm³/mol. The van der Waals surface area contributed by atoms with Crippen molar-refractivity contribution in [1.29, 1.82) is 0 Å². The number of nitro benzene ring substituents is 1. The molecule has 1 atom stereocenters. The summed E-state index contributed by atoms with van der Waals surface area (Å²) in [6.07, 6.45) is 0. The minimum atomic E-state index is -1.07. The van der Waals surface area contributed by atoms with Crippen molar-refractivity contribution >= 4 is 29.0 Å². The zero-order valence-electron chi connectivity index (χ0n) is 14.3. The van der Waals surface area contributed by atoms with Gasteiger partial charge in [-0.1, -0.05) is 17.8 Å². The summed E-state index contributed by atoms with van der Waals surface area (Å²) >= 11 is 0.950. The van der Waals surface area contributed by atoms with E-state index in [0.717, 1.165) is 23.9 Å². The van der Waals surface area contributed by atoms with Crippen molar-refractivity contribution in [2.24, 2.45) is 0 Å². The quantitative estimate of drug-likeness (QED) is 0.373. The second-order valence-electron chi connectivity index (χ2n) is 5.56. The number of halogens is 2. The molecule has 0 aliphatic heterocycles. The van der Waals surface area contributed by atoms with Gasteiger partial charge in [-0.05, 0) is 25.1 Å². The van der Waals surface area contributed by atoms with Crippen LogP contribution in [0.25, 0.3) is 11.5 Å². The van der Waals surface area contributed by atoms with Crippen LogP contribution < -0.4 is 5.32 Å². The first-order valence-electron chi connectivity index (χ1n) is 7.84. The van der Waals surface area contributed by atoms with E-state index < -0.39 is 27.7 Å². The number of nitro groups is 1. The zero-order valence-corrected chi connectivity index (χ0v) is 15.1. The van der Waals surface area contributed by atoms with Gasteiger partial charge in [0, 0.05) is 29.4 Å². The van der Waals surface area contributed by atoms with Crippen LogP contribution in [0.15, 0.2) is 52.1 Å². The minimum Gasteiger partial charge on any atom is -0.411 e. The summed E-state index contributed by atoms with van der Waals surface area (Å²) in [6, 6.07) is 8.71. The third-order valence-electron chi connectivity index (χ3n) is 3.54. The fourth-order valence-electron chi connectivity index (χ4n) is 2.15. The Hall–Kier alpha value is -3.34. The van der Waals surface area contributed by atoms with Gasteiger partial charge in [0.2, 0.25) is 11.8 Å². The topological polar surface area (TPSA) is 111 Å². The second-order valence-corrected chi connectivity index (χ2v) is 6.85. The molecule has 0 saturated heterocycles. The average molecular weight is 406 g/mol. The Labute approximate surface area is 161 Å². The SMILES string of the molecule is C[C@H](Sc1nnc(-c2cccc([N+](=O)[O-])c2)o1)C(=O)Nc1ccc(F)c(F)c1. The van der Waals surface area contributed by atoms with Crippen molar-refractivity contribution in [2.75, 3.05) is 5.32 Å². The van der Waals surface area contributed by atoms with Gasteiger partial charge in [-0.25, -0.2) is 8.78 Å². The fraction of sp³-hybridized carbons (Fsp3) is 0.118. The highest BCUT2D eigenvalue weighted by molar-refractivity contribution is 8.00. The van der Waals surface area contributed by atoms with Crippen molar-refractivity contribution in [3.8, 4) is 11.5 Å². The number of amides is 1. The lowest BCUT2D eigenvalue weighted by atomic mass is 10.2. The molecular weight excluding hydrogens is 394 g/mol. The molecule has 0 saturated carbocycles. The van der Waals surface area contributed by atoms with Gasteiger partial charge < -0.3 is 9.73 Å². The number of nitrogens with one attached hydrogen (secondary N) is 1. The van der Waals surface area contributed by atoms with Gasteiger partial charge in [0.25, 0.3) is 10.9 Å². The number of aromatic nitrogens is 2. The van der Waals surface area contributed by atoms with E-state index in [-0.39, 0.29) is 22.5 Å². The molecule has 0 radical (unpaired) electrons. The zero-order chi connectivity index (χ0) is 20.3. The van der Waals surface area contributed by atoms with Gasteiger partial charge in [0.05, 0.1) is 10.2 Å². The number of hydrogen-bond acceptors (Lipinski definition) is 7. The molecule has 0 unspecified atom stereocenters. The van der Waals surface area contributed by atoms with Crippen molar-refractivity contribution in [3.05, 3.63) is 64.2 Å². The van der Waals surface area contributed by atoms with Gasteiger partial charge in [0.1, 0.15) is 0 Å². The predicted octanol–water partition coefficient (Wildman–Crippen LogP) is 4.04. The number of rotatable bonds is 6. The first-order chi connectivity index (χ1) is 13.3. The number of thioether (sulfide) groups is 1. The molecule has 28 heavy (non-hydrogen) atoms. The highest BCUT2D eigenvalue weighted by Crippen LogP contribution is 2.28. The Morgan fingerprint density at radius 1 is 1.21 bits per heavy atom. The molecule has 3 aromatic rings. The Morgan fingerprint density at radius 2 is 2.00 bits per heavy atom. The number of non-ortho nitro benzene ring substituents is 1. The van der Waals surface area contributed by atoms with E-state index in [1.807, 2.05) is 0 Å². The molecule has 0 fully saturated rings. The number of hydrogen-bond donors (Lipinski definition) is 1. The molecule has 1 N–H and O–H groups in total. The standard InChI is InChI=1S/C17H12F2N4O4S/c1-9(15(24)20-11-5-6-13(18)14(19)8-11)28-17-22-21-16(27-17)10-3-2-4-12(7-10)23(25)26/h2-9H,1H3,(H,20,24)/t9-/m0/s1. The van der Waals surface area contributed by atoms with Crippen LogP contribution in [0.3, 0.4) is 0 Å². The van der Waals surface area contributed by atoms with Crippen molar-refractivity contribution in [1.82, 2.24) is 10.2 Å². The van der Waals surface area contributed by atoms with Crippen LogP contribution in [0.2, 0.25) is 0 Å². The maximum atomic E-state index is 13.2. The summed E-state index contributed by atoms with van der Waals surface area (Å²) < 4.78 is 31.6. The van der Waals surface area contributed by atoms with Gasteiger partial charge in [-0.3, -0.25) is 14.9 Å². The van der Waals surface area contributed by atoms with E-state index in [2.05, 4.69) is 15.5 Å². The summed E-state index contributed by atoms with van der Waals surface area (Å²) in [4.78, 5) is 22.5. The number of nitrogens with zero attached hydrogens (tertiary/aromatic N) is 3. The van der Waals surface area contributed by atoms with Crippen molar-refractivity contribution in [2.45, 2.75) is 17.4 Å². The van der Waals surface area contributed by atoms with Gasteiger partial charge in [-0.2, -0.15) is 0 Å². The number of carbonyl (C=O) groups excluding carboxylic acids is 1. The molecule has 1 heterocycles. The Kier molecular flexibility index (Phi) is 5.64. The molecule has 1 aromatic heterocycles. The lowest BCUT2D eigenvalue weighted by Gasteiger charge is -2.10. The highest BCUT2D eigenvalue weighted by atomic mass is 32.2. The highest BCUT2D eigenvalue weighted by Gasteiger charge is 2.20. The fourth-order valence-corrected chi connectivity index (χ4v) is 2.83. The number of benzene rings is 2. The minimum absolute atomic E-state index is 0.0689. The third kappa shape index (κ3) is 4.49. The molecular formula is C17H12F2N4O4S. The van der Waals surface area contributed by atoms with Crippen LogP contribution in [0, 0.1) is 21.7 Å². The van der Waals surface area contributed by atoms with E-state index in [1.54, 1.807) is 13.0 Å². The van der Waals surface area contributed by atoms with E-state index in [1.165, 1.54) is 24.3 Å². The van der Waals surface area contributed by atoms with Crippen molar-refractivity contribution < 1.29 is 22.9 Å². The molecule has 8 nitrogen and oxygen atoms in total. The number of anilines is 1. The van der Waals surface area contributed by atoms with Crippen LogP contribution in [0.5, 0.6) is 0 Å². The monoisotopic (exact) mass is 406 g/mol. The molecule has 1 amide bonds. The molecule has 144 valence electrons. The van der Waals surface area contributed by atoms with Gasteiger partial charge in [-0.15, -0.1) is 10.2 Å². The van der Waals surface area contributed by atoms with Crippen molar-refractivity contribution in [3.63, 3.8) is 0 Å². The lowest BCUT2D eigenvalue weighted by molar-refractivity contribution is -0.384. The Balaban J connectivity index is 1.67. The smallest absolute Gasteiger partial charge is 0.277 e. The van der Waals surface area contributed by atoms with Crippen LogP contribution >= 0.6 is 11.8 Å². The Bertz CT molecular complexity index is 1040. The lowest BCUT2D eigenvalue weighted by Crippen LogP contribution is -2.22. The first-order valence-corrected chi connectivity index (χ1v) is 8.72. The largest absolute Gasteiger partial charge is 0.411 e. The first kappa shape index (κ1) is 19.4. The van der Waals surface area contributed by atoms with E-state index in [4.69, 9.17) is 4.42 Å². The maximum Gasteiger partial charge on any atom is 0.277 e. The molecule has 0 bridgehead atoms. The van der Waals surface area contributed by atoms with Crippen LogP contribution in [0.1, 0.15) is 6.92 Å². The molecule has 0 aliphatic rings. The number of carbonyl (C=O) groups is 1. The summed E-state index contributed by atoms with van der Waals surface area (Å²) in [6.45, 7) is 1.57. The Morgan fingerprint density at radius 3 is 2.71 bits per heavy atom. The normalized spacial score (nSPS) is 11.8. The van der Waals surface area contributed by atoms with E-state index in [0.29, 0.717) is 5.56 Å². The van der Waals surface area contributed by atoms with Gasteiger partial charge >= 0.3 is 0 Å². The summed E-state index contributed by atoms with van der Waals surface area (Å²) in [7, 11) is 0. The summed E-state index contributed by atoms with van der Waals surface area (Å²) in [5, 5.41) is 20.3. The van der Waals surface area contributed by atoms with E-state index in [9.17, 15) is 23.7 Å². The van der Waals surface area contributed by atoms with Crippen LogP contribution in [-0.2, 0) is 4.79 Å². The van der Waals surface area contributed by atoms with E-state index >= 15 is 0 Å². The van der Waals surface area contributed by atoms with Crippen LogP contribution in [-0.4, -0.2) is 26.3 Å². The molecule has 3 rings (SSSR count).